The van der Waals surface area contributed by atoms with Crippen molar-refractivity contribution in [3.05, 3.63) is 35.1 Å². The summed E-state index contributed by atoms with van der Waals surface area (Å²) < 4.78 is 12.7. The van der Waals surface area contributed by atoms with E-state index in [1.165, 1.54) is 12.1 Å². The van der Waals surface area contributed by atoms with Crippen LogP contribution < -0.4 is 5.90 Å². The second kappa shape index (κ2) is 4.18. The Labute approximate surface area is 71.1 Å². The van der Waals surface area contributed by atoms with Crippen LogP contribution in [0, 0.1) is 12.7 Å². The Balaban J connectivity index is 2.75. The average molecular weight is 169 g/mol. The van der Waals surface area contributed by atoms with Gasteiger partial charge in [0.15, 0.2) is 0 Å². The Hall–Kier alpha value is -0.930. The molecule has 0 radical (unpaired) electrons. The van der Waals surface area contributed by atoms with E-state index < -0.39 is 0 Å². The molecule has 0 spiro atoms. The highest BCUT2D eigenvalue weighted by molar-refractivity contribution is 5.26. The molecule has 1 aromatic carbocycles. The van der Waals surface area contributed by atoms with Gasteiger partial charge in [0.2, 0.25) is 0 Å². The third kappa shape index (κ3) is 2.29. The molecule has 12 heavy (non-hydrogen) atoms. The molecule has 0 heterocycles. The summed E-state index contributed by atoms with van der Waals surface area (Å²) in [7, 11) is 0. The minimum atomic E-state index is -0.215. The van der Waals surface area contributed by atoms with Gasteiger partial charge in [-0.15, -0.1) is 0 Å². The fourth-order valence-corrected chi connectivity index (χ4v) is 1.08. The van der Waals surface area contributed by atoms with Crippen LogP contribution in [0.25, 0.3) is 0 Å². The van der Waals surface area contributed by atoms with Gasteiger partial charge in [0, 0.05) is 0 Å². The van der Waals surface area contributed by atoms with Gasteiger partial charge >= 0.3 is 0 Å². The number of rotatable bonds is 3. The topological polar surface area (TPSA) is 35.2 Å². The zero-order valence-corrected chi connectivity index (χ0v) is 7.01. The zero-order valence-electron chi connectivity index (χ0n) is 7.01. The maximum Gasteiger partial charge on any atom is 0.123 e. The van der Waals surface area contributed by atoms with Gasteiger partial charge in [-0.1, -0.05) is 6.07 Å². The highest BCUT2D eigenvalue weighted by Gasteiger charge is 1.99. The number of hydrogen-bond donors (Lipinski definition) is 1. The zero-order chi connectivity index (χ0) is 8.97. The second-order valence-electron chi connectivity index (χ2n) is 2.69. The van der Waals surface area contributed by atoms with E-state index in [0.717, 1.165) is 11.1 Å². The summed E-state index contributed by atoms with van der Waals surface area (Å²) in [5.74, 6) is 4.66. The minimum absolute atomic E-state index is 0.215. The highest BCUT2D eigenvalue weighted by Crippen LogP contribution is 2.10. The van der Waals surface area contributed by atoms with Crippen LogP contribution in [0.3, 0.4) is 0 Å². The van der Waals surface area contributed by atoms with E-state index in [-0.39, 0.29) is 5.82 Å². The first-order valence-electron chi connectivity index (χ1n) is 3.80. The van der Waals surface area contributed by atoms with Gasteiger partial charge in [-0.25, -0.2) is 10.3 Å². The van der Waals surface area contributed by atoms with Crippen molar-refractivity contribution in [1.82, 2.24) is 0 Å². The van der Waals surface area contributed by atoms with Crippen LogP contribution in [0.15, 0.2) is 18.2 Å². The molecule has 0 aromatic heterocycles. The molecule has 0 aliphatic rings. The monoisotopic (exact) mass is 169 g/mol. The largest absolute Gasteiger partial charge is 0.304 e. The Morgan fingerprint density at radius 2 is 2.25 bits per heavy atom. The van der Waals surface area contributed by atoms with Crippen molar-refractivity contribution in [3.63, 3.8) is 0 Å². The molecule has 0 saturated heterocycles. The minimum Gasteiger partial charge on any atom is -0.304 e. The van der Waals surface area contributed by atoms with Crippen molar-refractivity contribution >= 4 is 0 Å². The van der Waals surface area contributed by atoms with Gasteiger partial charge in [-0.2, -0.15) is 0 Å². The molecular weight excluding hydrogens is 157 g/mol. The summed E-state index contributed by atoms with van der Waals surface area (Å²) >= 11 is 0. The van der Waals surface area contributed by atoms with Gasteiger partial charge < -0.3 is 4.84 Å². The van der Waals surface area contributed by atoms with Gasteiger partial charge in [0.1, 0.15) is 5.82 Å². The number of halogens is 1. The smallest absolute Gasteiger partial charge is 0.123 e. The third-order valence-corrected chi connectivity index (χ3v) is 1.80. The first-order chi connectivity index (χ1) is 5.74. The van der Waals surface area contributed by atoms with Crippen molar-refractivity contribution in [3.8, 4) is 0 Å². The Morgan fingerprint density at radius 3 is 2.92 bits per heavy atom. The van der Waals surface area contributed by atoms with E-state index in [1.54, 1.807) is 6.07 Å². The van der Waals surface area contributed by atoms with E-state index in [2.05, 4.69) is 4.84 Å². The van der Waals surface area contributed by atoms with Crippen LogP contribution in [0.4, 0.5) is 4.39 Å². The van der Waals surface area contributed by atoms with E-state index >= 15 is 0 Å². The number of nitrogens with two attached hydrogens (primary N) is 1. The predicted molar refractivity (Wildman–Crippen MR) is 45.0 cm³/mol. The van der Waals surface area contributed by atoms with Gasteiger partial charge in [-0.05, 0) is 36.6 Å². The van der Waals surface area contributed by atoms with Crippen LogP contribution in [0.2, 0.25) is 0 Å². The van der Waals surface area contributed by atoms with E-state index in [9.17, 15) is 4.39 Å². The summed E-state index contributed by atoms with van der Waals surface area (Å²) in [4.78, 5) is 4.42. The Kier molecular flexibility index (Phi) is 3.19. The Bertz CT molecular complexity index is 263. The molecular formula is C9H12FNO. The maximum absolute atomic E-state index is 12.7. The van der Waals surface area contributed by atoms with E-state index in [4.69, 9.17) is 5.90 Å². The van der Waals surface area contributed by atoms with Crippen LogP contribution >= 0.6 is 0 Å². The van der Waals surface area contributed by atoms with E-state index in [1.807, 2.05) is 6.92 Å². The lowest BCUT2D eigenvalue weighted by Crippen LogP contribution is -2.04. The molecule has 2 nitrogen and oxygen atoms in total. The quantitative estimate of drug-likeness (QED) is 0.697. The second-order valence-corrected chi connectivity index (χ2v) is 2.69. The molecule has 0 saturated carbocycles. The van der Waals surface area contributed by atoms with Crippen molar-refractivity contribution in [2.75, 3.05) is 6.61 Å². The number of aryl methyl sites for hydroxylation is 1. The van der Waals surface area contributed by atoms with Crippen LogP contribution in [0.1, 0.15) is 11.1 Å². The first-order valence-corrected chi connectivity index (χ1v) is 3.80. The fraction of sp³-hybridized carbons (Fsp3) is 0.333. The third-order valence-electron chi connectivity index (χ3n) is 1.80. The molecule has 0 unspecified atom stereocenters. The highest BCUT2D eigenvalue weighted by atomic mass is 19.1. The lowest BCUT2D eigenvalue weighted by atomic mass is 10.1. The molecule has 0 amide bonds. The summed E-state index contributed by atoms with van der Waals surface area (Å²) in [6.07, 6.45) is 0.653. The summed E-state index contributed by atoms with van der Waals surface area (Å²) in [6.45, 7) is 2.36. The fourth-order valence-electron chi connectivity index (χ4n) is 1.08. The number of benzene rings is 1. The summed E-state index contributed by atoms with van der Waals surface area (Å²) in [5.41, 5.74) is 2.01. The van der Waals surface area contributed by atoms with Gasteiger partial charge in [-0.3, -0.25) is 0 Å². The van der Waals surface area contributed by atoms with Gasteiger partial charge in [0.25, 0.3) is 0 Å². The standard InChI is InChI=1S/C9H12FNO/c1-7-2-3-9(10)6-8(7)4-5-12-11/h2-3,6H,4-5,11H2,1H3. The molecule has 0 atom stereocenters. The van der Waals surface area contributed by atoms with Crippen LogP contribution in [-0.2, 0) is 11.3 Å². The molecule has 0 bridgehead atoms. The lowest BCUT2D eigenvalue weighted by Gasteiger charge is -2.03. The maximum atomic E-state index is 12.7. The first kappa shape index (κ1) is 9.16. The predicted octanol–water partition coefficient (Wildman–Crippen LogP) is 1.57. The normalized spacial score (nSPS) is 10.2. The molecule has 0 fully saturated rings. The van der Waals surface area contributed by atoms with Crippen LogP contribution in [0.5, 0.6) is 0 Å². The molecule has 0 aliphatic carbocycles. The molecule has 1 aromatic rings. The van der Waals surface area contributed by atoms with Crippen LogP contribution in [-0.4, -0.2) is 6.61 Å². The molecule has 2 N–H and O–H groups in total. The van der Waals surface area contributed by atoms with Crippen molar-refractivity contribution < 1.29 is 9.23 Å². The van der Waals surface area contributed by atoms with E-state index in [0.29, 0.717) is 13.0 Å². The Morgan fingerprint density at radius 1 is 1.50 bits per heavy atom. The SMILES string of the molecule is Cc1ccc(F)cc1CCON. The average Bonchev–Trinajstić information content (AvgIpc) is 2.07. The molecule has 0 aliphatic heterocycles. The molecule has 1 rings (SSSR count). The van der Waals surface area contributed by atoms with Crippen molar-refractivity contribution in [2.24, 2.45) is 5.90 Å². The van der Waals surface area contributed by atoms with Gasteiger partial charge in [0.05, 0.1) is 6.61 Å². The summed E-state index contributed by atoms with van der Waals surface area (Å²) in [5, 5.41) is 0. The summed E-state index contributed by atoms with van der Waals surface area (Å²) in [6, 6.07) is 4.71. The molecule has 3 heteroatoms. The number of hydrogen-bond acceptors (Lipinski definition) is 2. The van der Waals surface area contributed by atoms with Crippen molar-refractivity contribution in [2.45, 2.75) is 13.3 Å². The van der Waals surface area contributed by atoms with Crippen molar-refractivity contribution in [1.29, 1.82) is 0 Å². The lowest BCUT2D eigenvalue weighted by molar-refractivity contribution is 0.141. The molecule has 66 valence electrons.